The molecule has 1 aromatic rings. The second-order valence-electron chi connectivity index (χ2n) is 5.34. The summed E-state index contributed by atoms with van der Waals surface area (Å²) in [7, 11) is 0. The minimum absolute atomic E-state index is 0.135. The van der Waals surface area contributed by atoms with Crippen LogP contribution in [0.5, 0.6) is 0 Å². The highest BCUT2D eigenvalue weighted by Crippen LogP contribution is 2.25. The van der Waals surface area contributed by atoms with Crippen molar-refractivity contribution in [2.75, 3.05) is 18.1 Å². The Hall–Kier alpha value is -2.37. The van der Waals surface area contributed by atoms with Crippen molar-refractivity contribution in [1.82, 2.24) is 0 Å². The highest BCUT2D eigenvalue weighted by atomic mass is 16.5. The Kier molecular flexibility index (Phi) is 5.14. The second kappa shape index (κ2) is 7.06. The molecule has 1 atom stereocenters. The number of unbranched alkanes of at least 4 members (excludes halogenated alkanes) is 1. The monoisotopic (exact) mass is 304 g/mol. The topological polar surface area (TPSA) is 89.7 Å². The van der Waals surface area contributed by atoms with Crippen molar-refractivity contribution in [2.24, 2.45) is 11.7 Å². The summed E-state index contributed by atoms with van der Waals surface area (Å²) in [6.45, 7) is 2.71. The summed E-state index contributed by atoms with van der Waals surface area (Å²) < 4.78 is 5.12. The number of primary amides is 1. The van der Waals surface area contributed by atoms with Crippen molar-refractivity contribution >= 4 is 23.5 Å². The third-order valence-corrected chi connectivity index (χ3v) is 3.67. The molecule has 1 aromatic carbocycles. The largest absolute Gasteiger partial charge is 0.462 e. The lowest BCUT2D eigenvalue weighted by Crippen LogP contribution is -2.28. The highest BCUT2D eigenvalue weighted by molar-refractivity contribution is 6.00. The molecule has 0 aliphatic carbocycles. The third-order valence-electron chi connectivity index (χ3n) is 3.67. The lowest BCUT2D eigenvalue weighted by molar-refractivity contribution is -0.123. The van der Waals surface area contributed by atoms with E-state index in [1.165, 1.54) is 4.90 Å². The molecule has 1 aliphatic rings. The fraction of sp³-hybridized carbons (Fsp3) is 0.438. The zero-order chi connectivity index (χ0) is 16.1. The van der Waals surface area contributed by atoms with E-state index in [9.17, 15) is 14.4 Å². The number of hydrogen-bond acceptors (Lipinski definition) is 4. The molecule has 2 amide bonds. The molecule has 1 heterocycles. The average Bonchev–Trinajstić information content (AvgIpc) is 2.90. The molecule has 0 spiro atoms. The molecule has 0 radical (unpaired) electrons. The van der Waals surface area contributed by atoms with E-state index in [0.717, 1.165) is 12.8 Å². The first-order chi connectivity index (χ1) is 10.5. The zero-order valence-corrected chi connectivity index (χ0v) is 12.6. The fourth-order valence-corrected chi connectivity index (χ4v) is 2.32. The first-order valence-electron chi connectivity index (χ1n) is 7.39. The maximum atomic E-state index is 11.9. The summed E-state index contributed by atoms with van der Waals surface area (Å²) in [5.74, 6) is -1.43. The van der Waals surface area contributed by atoms with Gasteiger partial charge in [-0.2, -0.15) is 0 Å². The number of hydrogen-bond donors (Lipinski definition) is 1. The predicted molar refractivity (Wildman–Crippen MR) is 81.3 cm³/mol. The molecule has 2 rings (SSSR count). The molecule has 6 heteroatoms. The fourth-order valence-electron chi connectivity index (χ4n) is 2.32. The summed E-state index contributed by atoms with van der Waals surface area (Å²) in [5, 5.41) is 0. The van der Waals surface area contributed by atoms with Crippen LogP contribution < -0.4 is 10.6 Å². The first-order valence-corrected chi connectivity index (χ1v) is 7.39. The second-order valence-corrected chi connectivity index (χ2v) is 5.34. The number of rotatable bonds is 6. The van der Waals surface area contributed by atoms with Gasteiger partial charge < -0.3 is 15.4 Å². The molecule has 0 aromatic heterocycles. The Labute approximate surface area is 129 Å². The van der Waals surface area contributed by atoms with Crippen LogP contribution in [-0.2, 0) is 14.3 Å². The molecular weight excluding hydrogens is 284 g/mol. The van der Waals surface area contributed by atoms with Crippen molar-refractivity contribution in [2.45, 2.75) is 26.2 Å². The lowest BCUT2D eigenvalue weighted by Gasteiger charge is -2.16. The quantitative estimate of drug-likeness (QED) is 0.636. The number of esters is 1. The number of nitrogens with two attached hydrogens (primary N) is 1. The third kappa shape index (κ3) is 3.63. The Bertz CT molecular complexity index is 568. The Balaban J connectivity index is 2.01. The van der Waals surface area contributed by atoms with Gasteiger partial charge in [-0.05, 0) is 30.7 Å². The molecule has 0 bridgehead atoms. The van der Waals surface area contributed by atoms with Crippen LogP contribution in [-0.4, -0.2) is 30.9 Å². The van der Waals surface area contributed by atoms with Gasteiger partial charge >= 0.3 is 5.97 Å². The molecule has 1 unspecified atom stereocenters. The molecule has 22 heavy (non-hydrogen) atoms. The van der Waals surface area contributed by atoms with Crippen molar-refractivity contribution in [3.8, 4) is 0 Å². The van der Waals surface area contributed by atoms with E-state index in [0.29, 0.717) is 17.9 Å². The summed E-state index contributed by atoms with van der Waals surface area (Å²) >= 11 is 0. The zero-order valence-electron chi connectivity index (χ0n) is 12.6. The van der Waals surface area contributed by atoms with E-state index in [1.807, 2.05) is 6.92 Å². The van der Waals surface area contributed by atoms with Crippen LogP contribution in [0, 0.1) is 5.92 Å². The van der Waals surface area contributed by atoms with Crippen LogP contribution in [0.25, 0.3) is 0 Å². The Morgan fingerprint density at radius 2 is 2.00 bits per heavy atom. The number of anilines is 1. The minimum Gasteiger partial charge on any atom is -0.462 e. The maximum Gasteiger partial charge on any atom is 0.338 e. The predicted octanol–water partition coefficient (Wildman–Crippen LogP) is 1.48. The van der Waals surface area contributed by atoms with Gasteiger partial charge in [0.05, 0.1) is 18.1 Å². The summed E-state index contributed by atoms with van der Waals surface area (Å²) in [6, 6.07) is 6.60. The number of ether oxygens (including phenoxy) is 1. The van der Waals surface area contributed by atoms with Gasteiger partial charge in [-0.15, -0.1) is 0 Å². The van der Waals surface area contributed by atoms with E-state index in [-0.39, 0.29) is 24.8 Å². The van der Waals surface area contributed by atoms with Gasteiger partial charge in [-0.3, -0.25) is 9.59 Å². The van der Waals surface area contributed by atoms with Crippen molar-refractivity contribution in [3.05, 3.63) is 29.8 Å². The van der Waals surface area contributed by atoms with Gasteiger partial charge in [-0.25, -0.2) is 4.79 Å². The molecule has 6 nitrogen and oxygen atoms in total. The highest BCUT2D eigenvalue weighted by Gasteiger charge is 2.33. The molecule has 1 aliphatic heterocycles. The van der Waals surface area contributed by atoms with E-state index in [2.05, 4.69) is 0 Å². The summed E-state index contributed by atoms with van der Waals surface area (Å²) in [5.41, 5.74) is 6.34. The molecule has 1 saturated heterocycles. The van der Waals surface area contributed by atoms with Crippen LogP contribution in [0.2, 0.25) is 0 Å². The summed E-state index contributed by atoms with van der Waals surface area (Å²) in [6.07, 6.45) is 1.93. The minimum atomic E-state index is -0.466. The molecular formula is C16H20N2O4. The number of nitrogens with zero attached hydrogens (tertiary/aromatic N) is 1. The lowest BCUT2D eigenvalue weighted by atomic mass is 10.1. The van der Waals surface area contributed by atoms with Crippen molar-refractivity contribution < 1.29 is 19.1 Å². The number of amides is 2. The van der Waals surface area contributed by atoms with Crippen molar-refractivity contribution in [1.29, 1.82) is 0 Å². The SMILES string of the molecule is CCCCOC(=O)c1ccc(N2CC(C(N)=O)CC2=O)cc1. The summed E-state index contributed by atoms with van der Waals surface area (Å²) in [4.78, 5) is 36.4. The molecule has 118 valence electrons. The smallest absolute Gasteiger partial charge is 0.338 e. The van der Waals surface area contributed by atoms with Gasteiger partial charge in [0.1, 0.15) is 0 Å². The number of carbonyl (C=O) groups is 3. The van der Waals surface area contributed by atoms with Crippen LogP contribution in [0.4, 0.5) is 5.69 Å². The van der Waals surface area contributed by atoms with E-state index < -0.39 is 11.8 Å². The van der Waals surface area contributed by atoms with Crippen LogP contribution in [0.3, 0.4) is 0 Å². The van der Waals surface area contributed by atoms with Gasteiger partial charge in [-0.1, -0.05) is 13.3 Å². The van der Waals surface area contributed by atoms with Crippen molar-refractivity contribution in [3.63, 3.8) is 0 Å². The van der Waals surface area contributed by atoms with E-state index >= 15 is 0 Å². The molecule has 2 N–H and O–H groups in total. The van der Waals surface area contributed by atoms with Gasteiger partial charge in [0.25, 0.3) is 0 Å². The standard InChI is InChI=1S/C16H20N2O4/c1-2-3-8-22-16(21)11-4-6-13(7-5-11)18-10-12(15(17)20)9-14(18)19/h4-7,12H,2-3,8-10H2,1H3,(H2,17,20). The van der Waals surface area contributed by atoms with Gasteiger partial charge in [0.15, 0.2) is 0 Å². The van der Waals surface area contributed by atoms with Crippen LogP contribution >= 0.6 is 0 Å². The van der Waals surface area contributed by atoms with Crippen LogP contribution in [0.1, 0.15) is 36.5 Å². The van der Waals surface area contributed by atoms with Crippen LogP contribution in [0.15, 0.2) is 24.3 Å². The number of benzene rings is 1. The average molecular weight is 304 g/mol. The first kappa shape index (κ1) is 16.0. The molecule has 0 saturated carbocycles. The van der Waals surface area contributed by atoms with E-state index in [1.54, 1.807) is 24.3 Å². The number of carbonyl (C=O) groups excluding carboxylic acids is 3. The van der Waals surface area contributed by atoms with Gasteiger partial charge in [0, 0.05) is 18.7 Å². The maximum absolute atomic E-state index is 11.9. The van der Waals surface area contributed by atoms with E-state index in [4.69, 9.17) is 10.5 Å². The normalized spacial score (nSPS) is 17.6. The Morgan fingerprint density at radius 1 is 1.32 bits per heavy atom. The molecule has 1 fully saturated rings. The Morgan fingerprint density at radius 3 is 2.55 bits per heavy atom. The van der Waals surface area contributed by atoms with Gasteiger partial charge in [0.2, 0.25) is 11.8 Å².